The number of nitrogens with one attached hydrogen (secondary N) is 3. The number of anilines is 1. The lowest BCUT2D eigenvalue weighted by molar-refractivity contribution is 0.620. The first-order valence-electron chi connectivity index (χ1n) is 22.7. The third kappa shape index (κ3) is 11.7. The maximum atomic E-state index is 14.4. The zero-order chi connectivity index (χ0) is 50.3. The van der Waals surface area contributed by atoms with Crippen molar-refractivity contribution in [2.45, 2.75) is 26.2 Å². The van der Waals surface area contributed by atoms with Crippen LogP contribution in [0.2, 0.25) is 0 Å². The number of nitrogens with zero attached hydrogens (tertiary/aromatic N) is 3. The van der Waals surface area contributed by atoms with Crippen LogP contribution in [0, 0.1) is 24.4 Å². The van der Waals surface area contributed by atoms with Crippen molar-refractivity contribution < 1.29 is 17.9 Å². The molecule has 0 bridgehead atoms. The lowest BCUT2D eigenvalue weighted by Gasteiger charge is -2.09. The van der Waals surface area contributed by atoms with Crippen molar-refractivity contribution in [3.63, 3.8) is 0 Å². The van der Waals surface area contributed by atoms with Gasteiger partial charge in [0.1, 0.15) is 17.5 Å². The van der Waals surface area contributed by atoms with E-state index in [0.29, 0.717) is 56.7 Å². The standard InChI is InChI=1S/C22H17FN2O.C21H16FN3O.C15H10BrFN2O.FH/c1-14-5-4-6-16(11-14)19-12-15(9-10-20(19)23)13-21-17-7-2-3-8-18(17)22(26)25-24-21;22-19-9-8-13(10-18(19)14-4-3-5-15(23)12-14)11-20-16-6-1-2-7-17(16)21(26)25-24-20;16-12-7-9(5-6-13(12)17)8-14-10-3-1-2-4-11(10)15(20)19-18-14;/h2-12H,13H2,1H3,(H,25,26);1-10,12H,11,23H2,(H,25,26);1-7H,8H2,(H,19,20);1H. The molecule has 15 heteroatoms. The number of benzene rings is 8. The minimum absolute atomic E-state index is 0. The van der Waals surface area contributed by atoms with Crippen LogP contribution in [0.1, 0.15) is 39.3 Å². The second kappa shape index (κ2) is 22.5. The van der Waals surface area contributed by atoms with Gasteiger partial charge in [0.05, 0.1) is 37.7 Å². The third-order valence-electron chi connectivity index (χ3n) is 12.0. The van der Waals surface area contributed by atoms with Gasteiger partial charge in [0.25, 0.3) is 16.7 Å². The highest BCUT2D eigenvalue weighted by molar-refractivity contribution is 9.10. The molecular formula is C58H44BrF4N7O3. The number of hydrogen-bond acceptors (Lipinski definition) is 7. The van der Waals surface area contributed by atoms with E-state index in [1.807, 2.05) is 97.9 Å². The smallest absolute Gasteiger partial charge is 0.272 e. The molecular weight excluding hydrogens is 999 g/mol. The van der Waals surface area contributed by atoms with Gasteiger partial charge in [-0.3, -0.25) is 19.1 Å². The van der Waals surface area contributed by atoms with Crippen LogP contribution < -0.4 is 22.4 Å². The summed E-state index contributed by atoms with van der Waals surface area (Å²) < 4.78 is 42.3. The van der Waals surface area contributed by atoms with Gasteiger partial charge in [0.2, 0.25) is 0 Å². The van der Waals surface area contributed by atoms with E-state index in [4.69, 9.17) is 5.73 Å². The molecule has 11 aromatic rings. The Labute approximate surface area is 422 Å². The van der Waals surface area contributed by atoms with Crippen molar-refractivity contribution >= 4 is 53.9 Å². The molecule has 73 heavy (non-hydrogen) atoms. The van der Waals surface area contributed by atoms with E-state index in [1.165, 1.54) is 18.2 Å². The Morgan fingerprint density at radius 2 is 0.808 bits per heavy atom. The van der Waals surface area contributed by atoms with Crippen molar-refractivity contribution in [2.75, 3.05) is 5.73 Å². The first-order valence-corrected chi connectivity index (χ1v) is 23.5. The average Bonchev–Trinajstić information content (AvgIpc) is 3.39. The number of H-pyrrole nitrogens is 3. The first kappa shape index (κ1) is 50.6. The molecule has 8 aromatic carbocycles. The maximum Gasteiger partial charge on any atom is 0.272 e. The molecule has 0 aliphatic heterocycles. The highest BCUT2D eigenvalue weighted by atomic mass is 79.9. The van der Waals surface area contributed by atoms with Gasteiger partial charge in [-0.25, -0.2) is 28.5 Å². The van der Waals surface area contributed by atoms with Crippen LogP contribution in [0.4, 0.5) is 23.6 Å². The van der Waals surface area contributed by atoms with E-state index in [-0.39, 0.29) is 38.8 Å². The predicted molar refractivity (Wildman–Crippen MR) is 285 cm³/mol. The Hall–Kier alpha value is -8.82. The Morgan fingerprint density at radius 1 is 0.438 bits per heavy atom. The number of fused-ring (bicyclic) bond motifs is 3. The topological polar surface area (TPSA) is 163 Å². The highest BCUT2D eigenvalue weighted by Crippen LogP contribution is 2.29. The number of aromatic amines is 3. The fraction of sp³-hybridized carbons (Fsp3) is 0.0690. The normalized spacial score (nSPS) is 10.8. The molecule has 364 valence electrons. The fourth-order valence-electron chi connectivity index (χ4n) is 8.47. The zero-order valence-electron chi connectivity index (χ0n) is 38.9. The van der Waals surface area contributed by atoms with E-state index < -0.39 is 0 Å². The van der Waals surface area contributed by atoms with Crippen molar-refractivity contribution in [3.05, 3.63) is 268 Å². The Bertz CT molecular complexity index is 3810. The Balaban J connectivity index is 0.000000147. The number of nitrogens with two attached hydrogens (primary N) is 1. The van der Waals surface area contributed by atoms with Crippen LogP contribution in [-0.4, -0.2) is 30.6 Å². The van der Waals surface area contributed by atoms with Crippen LogP contribution in [0.25, 0.3) is 54.6 Å². The molecule has 0 atom stereocenters. The monoisotopic (exact) mass is 1040 g/mol. The van der Waals surface area contributed by atoms with Gasteiger partial charge < -0.3 is 5.73 Å². The summed E-state index contributed by atoms with van der Waals surface area (Å²) in [6.45, 7) is 1.99. The minimum Gasteiger partial charge on any atom is -0.399 e. The Morgan fingerprint density at radius 3 is 1.21 bits per heavy atom. The lowest BCUT2D eigenvalue weighted by atomic mass is 9.98. The summed E-state index contributed by atoms with van der Waals surface area (Å²) in [4.78, 5) is 35.6. The minimum atomic E-state index is -0.307. The number of aryl methyl sites for hydroxylation is 1. The number of halogens is 5. The van der Waals surface area contributed by atoms with Gasteiger partial charge >= 0.3 is 0 Å². The molecule has 3 heterocycles. The van der Waals surface area contributed by atoms with E-state index in [9.17, 15) is 27.6 Å². The molecule has 11 rings (SSSR count). The summed E-state index contributed by atoms with van der Waals surface area (Å²) in [5, 5.41) is 24.3. The molecule has 0 amide bonds. The molecule has 3 aromatic heterocycles. The summed E-state index contributed by atoms with van der Waals surface area (Å²) in [7, 11) is 0. The molecule has 0 saturated carbocycles. The van der Waals surface area contributed by atoms with Crippen LogP contribution in [0.5, 0.6) is 0 Å². The SMILES string of the molecule is Cc1cccc(-c2cc(Cc3n[nH]c(=O)c4ccccc34)ccc2F)c1.F.Nc1cccc(-c2cc(Cc3n[nH]c(=O)c4ccccc34)ccc2F)c1.O=c1[nH]nc(Cc2ccc(F)c(Br)c2)c2ccccc12. The molecule has 10 nitrogen and oxygen atoms in total. The summed E-state index contributed by atoms with van der Waals surface area (Å²) in [6, 6.07) is 51.9. The van der Waals surface area contributed by atoms with Gasteiger partial charge in [-0.1, -0.05) is 115 Å². The largest absolute Gasteiger partial charge is 0.399 e. The summed E-state index contributed by atoms with van der Waals surface area (Å²) in [6.07, 6.45) is 1.51. The van der Waals surface area contributed by atoms with E-state index >= 15 is 0 Å². The van der Waals surface area contributed by atoms with Crippen molar-refractivity contribution in [1.29, 1.82) is 0 Å². The van der Waals surface area contributed by atoms with E-state index in [2.05, 4.69) is 46.5 Å². The fourth-order valence-corrected chi connectivity index (χ4v) is 8.90. The summed E-state index contributed by atoms with van der Waals surface area (Å²) in [5.74, 6) is -0.856. The van der Waals surface area contributed by atoms with Gasteiger partial charge in [-0.15, -0.1) is 0 Å². The first-order chi connectivity index (χ1) is 34.9. The van der Waals surface area contributed by atoms with Gasteiger partial charge in [-0.05, 0) is 117 Å². The highest BCUT2D eigenvalue weighted by Gasteiger charge is 2.14. The van der Waals surface area contributed by atoms with Crippen LogP contribution in [-0.2, 0) is 19.3 Å². The molecule has 0 radical (unpaired) electrons. The number of aromatic nitrogens is 6. The van der Waals surface area contributed by atoms with Gasteiger partial charge in [-0.2, -0.15) is 15.3 Å². The maximum absolute atomic E-state index is 14.4. The third-order valence-corrected chi connectivity index (χ3v) is 12.6. The second-order valence-corrected chi connectivity index (χ2v) is 17.9. The number of nitrogen functional groups attached to an aromatic ring is 1. The number of rotatable bonds is 8. The molecule has 0 aliphatic rings. The van der Waals surface area contributed by atoms with Gasteiger partial charge in [0, 0.05) is 52.2 Å². The van der Waals surface area contributed by atoms with Crippen molar-refractivity contribution in [3.8, 4) is 22.3 Å². The quantitative estimate of drug-likeness (QED) is 0.0869. The van der Waals surface area contributed by atoms with Crippen molar-refractivity contribution in [1.82, 2.24) is 30.6 Å². The van der Waals surface area contributed by atoms with Crippen LogP contribution >= 0.6 is 15.9 Å². The Kier molecular flexibility index (Phi) is 15.6. The van der Waals surface area contributed by atoms with Crippen LogP contribution in [0.15, 0.2) is 195 Å². The molecule has 5 N–H and O–H groups in total. The zero-order valence-corrected chi connectivity index (χ0v) is 40.5. The van der Waals surface area contributed by atoms with Gasteiger partial charge in [0.15, 0.2) is 0 Å². The second-order valence-electron chi connectivity index (χ2n) is 17.0. The molecule has 0 unspecified atom stereocenters. The van der Waals surface area contributed by atoms with Crippen LogP contribution in [0.3, 0.4) is 0 Å². The average molecular weight is 1040 g/mol. The van der Waals surface area contributed by atoms with Crippen molar-refractivity contribution in [2.24, 2.45) is 0 Å². The number of hydrogen-bond donors (Lipinski definition) is 4. The summed E-state index contributed by atoms with van der Waals surface area (Å²) in [5.41, 5.74) is 14.5. The summed E-state index contributed by atoms with van der Waals surface area (Å²) >= 11 is 3.17. The van der Waals surface area contributed by atoms with E-state index in [1.54, 1.807) is 66.7 Å². The molecule has 0 aliphatic carbocycles. The lowest BCUT2D eigenvalue weighted by Crippen LogP contribution is -2.11. The molecule has 0 fully saturated rings. The molecule has 0 spiro atoms. The predicted octanol–water partition coefficient (Wildman–Crippen LogP) is 12.1. The molecule has 0 saturated heterocycles. The van der Waals surface area contributed by atoms with E-state index in [0.717, 1.165) is 66.6 Å².